The molecule has 0 amide bonds. The average molecular weight is 630 g/mol. The first-order chi connectivity index (χ1) is 18.1. The SMILES string of the molecule is CN(C)S(=O)(=O)N1C[C@@H]1Cc1ccccc1.CN(C)S(=O)(=O)N[C@H](COS(=O)(=O)N(C)C)Cc1ccccc1.[H-].[Na+]. The van der Waals surface area contributed by atoms with E-state index in [1.165, 1.54) is 42.4 Å². The second-order valence-electron chi connectivity index (χ2n) is 9.52. The minimum Gasteiger partial charge on any atom is -1.00 e. The summed E-state index contributed by atoms with van der Waals surface area (Å²) in [5.41, 5.74) is 2.05. The Kier molecular flexibility index (Phi) is 14.9. The molecule has 2 aromatic rings. The van der Waals surface area contributed by atoms with Gasteiger partial charge in [0.1, 0.15) is 0 Å². The molecule has 1 heterocycles. The third kappa shape index (κ3) is 11.7. The van der Waals surface area contributed by atoms with Gasteiger partial charge in [0, 0.05) is 54.9 Å². The minimum absolute atomic E-state index is 0. The number of nitrogens with one attached hydrogen (secondary N) is 1. The Balaban J connectivity index is 0.000000783. The second-order valence-corrected chi connectivity index (χ2v) is 15.4. The maximum Gasteiger partial charge on any atom is 1.00 e. The molecule has 1 aliphatic rings. The van der Waals surface area contributed by atoms with Gasteiger partial charge in [-0.15, -0.1) is 0 Å². The van der Waals surface area contributed by atoms with E-state index in [2.05, 4.69) is 4.72 Å². The molecule has 1 fully saturated rings. The summed E-state index contributed by atoms with van der Waals surface area (Å²) >= 11 is 0. The van der Waals surface area contributed by atoms with Crippen molar-refractivity contribution in [2.24, 2.45) is 0 Å². The first kappa shape index (κ1) is 37.1. The van der Waals surface area contributed by atoms with Gasteiger partial charge in [-0.1, -0.05) is 60.7 Å². The molecule has 1 saturated heterocycles. The molecule has 0 spiro atoms. The third-order valence-electron chi connectivity index (χ3n) is 5.72. The molecule has 3 rings (SSSR count). The Morgan fingerprint density at radius 1 is 0.825 bits per heavy atom. The van der Waals surface area contributed by atoms with Crippen LogP contribution < -0.4 is 34.3 Å². The van der Waals surface area contributed by atoms with Gasteiger partial charge in [0.25, 0.3) is 20.4 Å². The zero-order valence-corrected chi connectivity index (χ0v) is 28.6. The van der Waals surface area contributed by atoms with Crippen molar-refractivity contribution in [2.45, 2.75) is 24.9 Å². The van der Waals surface area contributed by atoms with Crippen LogP contribution in [0.3, 0.4) is 0 Å². The van der Waals surface area contributed by atoms with Crippen LogP contribution in [0.5, 0.6) is 0 Å². The van der Waals surface area contributed by atoms with Gasteiger partial charge in [0.15, 0.2) is 0 Å². The summed E-state index contributed by atoms with van der Waals surface area (Å²) in [5, 5.41) is 0. The van der Waals surface area contributed by atoms with Crippen LogP contribution in [0.1, 0.15) is 12.6 Å². The van der Waals surface area contributed by atoms with Crippen molar-refractivity contribution in [1.29, 1.82) is 0 Å². The molecule has 12 nitrogen and oxygen atoms in total. The molecule has 0 saturated carbocycles. The molecule has 3 atom stereocenters. The van der Waals surface area contributed by atoms with E-state index in [-0.39, 0.29) is 43.6 Å². The van der Waals surface area contributed by atoms with Crippen molar-refractivity contribution in [2.75, 3.05) is 55.4 Å². The van der Waals surface area contributed by atoms with E-state index in [1.807, 2.05) is 60.7 Å². The Hall–Kier alpha value is -0.950. The van der Waals surface area contributed by atoms with Crippen LogP contribution in [0.25, 0.3) is 0 Å². The number of rotatable bonds is 13. The van der Waals surface area contributed by atoms with Gasteiger partial charge >= 0.3 is 39.9 Å². The van der Waals surface area contributed by atoms with Crippen LogP contribution in [0.15, 0.2) is 60.7 Å². The summed E-state index contributed by atoms with van der Waals surface area (Å²) in [7, 11) is -2.21. The van der Waals surface area contributed by atoms with Crippen LogP contribution in [0.2, 0.25) is 0 Å². The Morgan fingerprint density at radius 3 is 1.77 bits per heavy atom. The molecular formula is C24H40N5NaO7S3. The molecule has 2 aromatic carbocycles. The van der Waals surface area contributed by atoms with Gasteiger partial charge < -0.3 is 1.43 Å². The van der Waals surface area contributed by atoms with Crippen LogP contribution in [0.4, 0.5) is 0 Å². The number of hydrogen-bond donors (Lipinski definition) is 1. The molecule has 0 aromatic heterocycles. The van der Waals surface area contributed by atoms with Crippen LogP contribution in [-0.4, -0.2) is 110 Å². The maximum atomic E-state index is 12.0. The predicted octanol–water partition coefficient (Wildman–Crippen LogP) is -2.35. The van der Waals surface area contributed by atoms with E-state index < -0.39 is 36.8 Å². The van der Waals surface area contributed by atoms with Crippen molar-refractivity contribution >= 4 is 30.7 Å². The van der Waals surface area contributed by atoms with Crippen molar-refractivity contribution in [3.8, 4) is 0 Å². The van der Waals surface area contributed by atoms with Gasteiger partial charge in [0.05, 0.1) is 12.6 Å². The van der Waals surface area contributed by atoms with Crippen LogP contribution in [0, 0.1) is 0 Å². The molecule has 0 bridgehead atoms. The molecule has 0 radical (unpaired) electrons. The van der Waals surface area contributed by atoms with Gasteiger partial charge in [-0.3, -0.25) is 4.18 Å². The first-order valence-corrected chi connectivity index (χ1v) is 16.3. The van der Waals surface area contributed by atoms with E-state index >= 15 is 0 Å². The zero-order chi connectivity index (χ0) is 29.4. The number of nitrogens with zero attached hydrogens (tertiary/aromatic N) is 4. The van der Waals surface area contributed by atoms with Crippen LogP contribution >= 0.6 is 0 Å². The fraction of sp³-hybridized carbons (Fsp3) is 0.500. The summed E-state index contributed by atoms with van der Waals surface area (Å²) in [6, 6.07) is 18.5. The Bertz CT molecular complexity index is 1370. The largest absolute Gasteiger partial charge is 1.00 e. The standard InChI is InChI=1S/C13H23N3O5S2.C11H16N2O2S.Na.H/c1-15(2)22(17,18)14-13(10-12-8-6-5-7-9-12)11-21-23(19,20)16(3)4;1-12(2)16(14,15)13-9-11(13)8-10-6-4-3-5-7-10;;/h5-9,13-14H,10-11H2,1-4H3;3-7,11H,8-9H2,1-2H3;;/q;;+1;-1/t13-;11-,13?;;/m00../s1. The fourth-order valence-electron chi connectivity index (χ4n) is 3.33. The van der Waals surface area contributed by atoms with Crippen molar-refractivity contribution in [3.63, 3.8) is 0 Å². The Morgan fingerprint density at radius 2 is 1.32 bits per heavy atom. The molecule has 0 aliphatic carbocycles. The van der Waals surface area contributed by atoms with Crippen molar-refractivity contribution in [1.82, 2.24) is 21.9 Å². The quantitative estimate of drug-likeness (QED) is 0.194. The molecule has 1 N–H and O–H groups in total. The molecular weight excluding hydrogens is 589 g/mol. The smallest absolute Gasteiger partial charge is 1.00 e. The summed E-state index contributed by atoms with van der Waals surface area (Å²) in [6.45, 7) is 0.331. The van der Waals surface area contributed by atoms with E-state index in [0.29, 0.717) is 13.0 Å². The van der Waals surface area contributed by atoms with E-state index in [1.54, 1.807) is 14.1 Å². The normalized spacial score (nSPS) is 18.1. The van der Waals surface area contributed by atoms with Gasteiger partial charge in [-0.2, -0.15) is 47.2 Å². The summed E-state index contributed by atoms with van der Waals surface area (Å²) < 4.78 is 83.0. The van der Waals surface area contributed by atoms with Crippen molar-refractivity contribution < 1.29 is 60.4 Å². The topological polar surface area (TPSA) is 136 Å². The third-order valence-corrected chi connectivity index (χ3v) is 10.6. The Labute approximate surface area is 263 Å². The summed E-state index contributed by atoms with van der Waals surface area (Å²) in [4.78, 5) is 0. The maximum absolute atomic E-state index is 12.0. The average Bonchev–Trinajstić information content (AvgIpc) is 3.64. The number of hydrogen-bond acceptors (Lipinski definition) is 7. The van der Waals surface area contributed by atoms with E-state index in [0.717, 1.165) is 20.6 Å². The van der Waals surface area contributed by atoms with Crippen LogP contribution in [-0.2, 0) is 47.7 Å². The molecule has 40 heavy (non-hydrogen) atoms. The van der Waals surface area contributed by atoms with Gasteiger partial charge in [-0.25, -0.2) is 0 Å². The van der Waals surface area contributed by atoms with Crippen molar-refractivity contribution in [3.05, 3.63) is 71.8 Å². The van der Waals surface area contributed by atoms with E-state index in [9.17, 15) is 25.3 Å². The molecule has 1 aliphatic heterocycles. The molecule has 222 valence electrons. The minimum atomic E-state index is -3.88. The van der Waals surface area contributed by atoms with Gasteiger partial charge in [0.2, 0.25) is 0 Å². The number of benzene rings is 2. The predicted molar refractivity (Wildman–Crippen MR) is 153 cm³/mol. The van der Waals surface area contributed by atoms with E-state index in [4.69, 9.17) is 4.18 Å². The monoisotopic (exact) mass is 629 g/mol. The zero-order valence-electron chi connectivity index (χ0n) is 25.1. The molecule has 1 unspecified atom stereocenters. The fourth-order valence-corrected chi connectivity index (χ4v) is 5.89. The molecule has 16 heteroatoms. The summed E-state index contributed by atoms with van der Waals surface area (Å²) in [6.07, 6.45) is 1.10. The first-order valence-electron chi connectivity index (χ1n) is 12.1. The van der Waals surface area contributed by atoms with Gasteiger partial charge in [-0.05, 0) is 24.0 Å². The summed E-state index contributed by atoms with van der Waals surface area (Å²) in [5.74, 6) is 0. The second kappa shape index (κ2) is 16.0.